The summed E-state index contributed by atoms with van der Waals surface area (Å²) in [6.07, 6.45) is 7.54. The van der Waals surface area contributed by atoms with Crippen LogP contribution < -0.4 is 4.74 Å². The lowest BCUT2D eigenvalue weighted by atomic mass is 9.95. The predicted molar refractivity (Wildman–Crippen MR) is 119 cm³/mol. The third-order valence-electron chi connectivity index (χ3n) is 6.97. The molecule has 31 heavy (non-hydrogen) atoms. The van der Waals surface area contributed by atoms with Crippen molar-refractivity contribution in [2.24, 2.45) is 5.92 Å². The lowest BCUT2D eigenvalue weighted by Gasteiger charge is -2.35. The Kier molecular flexibility index (Phi) is 7.80. The smallest absolute Gasteiger partial charge is 0.259 e. The molecule has 1 aromatic heterocycles. The Bertz CT molecular complexity index is 743. The molecule has 1 aliphatic carbocycles. The molecule has 7 heteroatoms. The van der Waals surface area contributed by atoms with Crippen molar-refractivity contribution in [3.8, 4) is 5.88 Å². The molecule has 3 aliphatic rings. The SMILES string of the molecule is COCCN1CCC(CN(C[C@@H]2CCCO2)C(=O)c2cc3c(nc2OC)CCC3)CC1. The number of aryl methyl sites for hydroxylation is 2. The zero-order valence-electron chi connectivity index (χ0n) is 19.1. The lowest BCUT2D eigenvalue weighted by molar-refractivity contribution is 0.0434. The molecule has 3 heterocycles. The average Bonchev–Trinajstić information content (AvgIpc) is 3.48. The van der Waals surface area contributed by atoms with E-state index in [0.717, 1.165) is 90.0 Å². The maximum absolute atomic E-state index is 13.7. The van der Waals surface area contributed by atoms with Gasteiger partial charge in [0.1, 0.15) is 5.56 Å². The highest BCUT2D eigenvalue weighted by Gasteiger charge is 2.30. The van der Waals surface area contributed by atoms with Crippen molar-refractivity contribution in [2.75, 3.05) is 60.2 Å². The summed E-state index contributed by atoms with van der Waals surface area (Å²) in [6, 6.07) is 2.03. The van der Waals surface area contributed by atoms with Crippen molar-refractivity contribution in [1.82, 2.24) is 14.8 Å². The zero-order chi connectivity index (χ0) is 21.6. The van der Waals surface area contributed by atoms with E-state index in [1.54, 1.807) is 14.2 Å². The first-order valence-electron chi connectivity index (χ1n) is 11.9. The molecule has 0 saturated carbocycles. The van der Waals surface area contributed by atoms with Crippen LogP contribution in [0.15, 0.2) is 6.07 Å². The van der Waals surface area contributed by atoms with E-state index in [1.165, 1.54) is 5.56 Å². The predicted octanol–water partition coefficient (Wildman–Crippen LogP) is 2.56. The third-order valence-corrected chi connectivity index (χ3v) is 6.97. The van der Waals surface area contributed by atoms with E-state index in [0.29, 0.717) is 23.9 Å². The quantitative estimate of drug-likeness (QED) is 0.599. The van der Waals surface area contributed by atoms with Crippen LogP contribution in [0.2, 0.25) is 0 Å². The summed E-state index contributed by atoms with van der Waals surface area (Å²) in [7, 11) is 3.37. The Balaban J connectivity index is 1.47. The molecule has 172 valence electrons. The Morgan fingerprint density at radius 3 is 2.74 bits per heavy atom. The van der Waals surface area contributed by atoms with E-state index in [1.807, 2.05) is 11.0 Å². The van der Waals surface area contributed by atoms with Gasteiger partial charge >= 0.3 is 0 Å². The van der Waals surface area contributed by atoms with E-state index < -0.39 is 0 Å². The lowest BCUT2D eigenvalue weighted by Crippen LogP contribution is -2.44. The van der Waals surface area contributed by atoms with Gasteiger partial charge < -0.3 is 24.0 Å². The molecule has 0 N–H and O–H groups in total. The van der Waals surface area contributed by atoms with Crippen molar-refractivity contribution in [3.63, 3.8) is 0 Å². The maximum atomic E-state index is 13.7. The minimum absolute atomic E-state index is 0.0383. The number of nitrogens with zero attached hydrogens (tertiary/aromatic N) is 3. The summed E-state index contributed by atoms with van der Waals surface area (Å²) in [5, 5.41) is 0. The molecule has 2 saturated heterocycles. The first-order chi connectivity index (χ1) is 15.2. The second-order valence-electron chi connectivity index (χ2n) is 9.13. The van der Waals surface area contributed by atoms with Gasteiger partial charge in [0.2, 0.25) is 5.88 Å². The fraction of sp³-hybridized carbons (Fsp3) is 0.750. The Labute approximate surface area is 186 Å². The summed E-state index contributed by atoms with van der Waals surface area (Å²) < 4.78 is 16.7. The van der Waals surface area contributed by atoms with Gasteiger partial charge in [-0.1, -0.05) is 0 Å². The van der Waals surface area contributed by atoms with Crippen LogP contribution >= 0.6 is 0 Å². The number of carbonyl (C=O) groups excluding carboxylic acids is 1. The van der Waals surface area contributed by atoms with E-state index in [4.69, 9.17) is 14.2 Å². The summed E-state index contributed by atoms with van der Waals surface area (Å²) in [5.41, 5.74) is 2.90. The van der Waals surface area contributed by atoms with Gasteiger partial charge in [-0.05, 0) is 75.6 Å². The van der Waals surface area contributed by atoms with Crippen molar-refractivity contribution < 1.29 is 19.0 Å². The number of amides is 1. The maximum Gasteiger partial charge on any atom is 0.259 e. The number of methoxy groups -OCH3 is 2. The minimum atomic E-state index is 0.0383. The number of carbonyl (C=O) groups is 1. The van der Waals surface area contributed by atoms with Crippen LogP contribution in [-0.2, 0) is 22.3 Å². The van der Waals surface area contributed by atoms with E-state index in [-0.39, 0.29) is 12.0 Å². The number of ether oxygens (including phenoxy) is 3. The molecule has 1 aromatic rings. The number of piperidine rings is 1. The number of rotatable bonds is 9. The zero-order valence-corrected chi connectivity index (χ0v) is 19.1. The van der Waals surface area contributed by atoms with Crippen molar-refractivity contribution >= 4 is 5.91 Å². The Morgan fingerprint density at radius 2 is 2.03 bits per heavy atom. The number of pyridine rings is 1. The van der Waals surface area contributed by atoms with Crippen LogP contribution in [0.5, 0.6) is 5.88 Å². The van der Waals surface area contributed by atoms with Gasteiger partial charge in [-0.2, -0.15) is 0 Å². The largest absolute Gasteiger partial charge is 0.480 e. The van der Waals surface area contributed by atoms with Crippen LogP contribution in [0.25, 0.3) is 0 Å². The van der Waals surface area contributed by atoms with E-state index in [2.05, 4.69) is 9.88 Å². The van der Waals surface area contributed by atoms with Crippen LogP contribution in [-0.4, -0.2) is 87.0 Å². The Morgan fingerprint density at radius 1 is 1.19 bits per heavy atom. The molecule has 2 fully saturated rings. The molecule has 0 unspecified atom stereocenters. The number of likely N-dealkylation sites (tertiary alicyclic amines) is 1. The third kappa shape index (κ3) is 5.57. The fourth-order valence-electron chi connectivity index (χ4n) is 5.13. The molecule has 0 spiro atoms. The van der Waals surface area contributed by atoms with Gasteiger partial charge in [0.25, 0.3) is 5.91 Å². The first kappa shape index (κ1) is 22.5. The minimum Gasteiger partial charge on any atom is -0.480 e. The van der Waals surface area contributed by atoms with Crippen molar-refractivity contribution in [1.29, 1.82) is 0 Å². The van der Waals surface area contributed by atoms with Gasteiger partial charge in [-0.25, -0.2) is 4.98 Å². The molecule has 1 atom stereocenters. The van der Waals surface area contributed by atoms with Gasteiger partial charge in [-0.3, -0.25) is 4.79 Å². The molecular formula is C24H37N3O4. The fourth-order valence-corrected chi connectivity index (χ4v) is 5.13. The summed E-state index contributed by atoms with van der Waals surface area (Å²) in [6.45, 7) is 6.13. The first-order valence-corrected chi connectivity index (χ1v) is 11.9. The topological polar surface area (TPSA) is 64.1 Å². The van der Waals surface area contributed by atoms with Crippen LogP contribution in [0.3, 0.4) is 0 Å². The van der Waals surface area contributed by atoms with Crippen molar-refractivity contribution in [3.05, 3.63) is 22.9 Å². The highest BCUT2D eigenvalue weighted by Crippen LogP contribution is 2.29. The molecule has 2 aliphatic heterocycles. The highest BCUT2D eigenvalue weighted by molar-refractivity contribution is 5.96. The number of hydrogen-bond donors (Lipinski definition) is 0. The molecule has 4 rings (SSSR count). The monoisotopic (exact) mass is 431 g/mol. The van der Waals surface area contributed by atoms with Crippen LogP contribution in [0.4, 0.5) is 0 Å². The molecule has 0 bridgehead atoms. The summed E-state index contributed by atoms with van der Waals surface area (Å²) in [5.74, 6) is 1.02. The normalized spacial score (nSPS) is 21.9. The number of aromatic nitrogens is 1. The molecule has 0 aromatic carbocycles. The molecular weight excluding hydrogens is 394 g/mol. The van der Waals surface area contributed by atoms with Gasteiger partial charge in [-0.15, -0.1) is 0 Å². The number of hydrogen-bond acceptors (Lipinski definition) is 6. The molecule has 0 radical (unpaired) electrons. The van der Waals surface area contributed by atoms with Gasteiger partial charge in [0, 0.05) is 39.0 Å². The highest BCUT2D eigenvalue weighted by atomic mass is 16.5. The molecule has 7 nitrogen and oxygen atoms in total. The van der Waals surface area contributed by atoms with Gasteiger partial charge in [0.05, 0.1) is 19.8 Å². The Hall–Kier alpha value is -1.70. The van der Waals surface area contributed by atoms with E-state index >= 15 is 0 Å². The average molecular weight is 432 g/mol. The van der Waals surface area contributed by atoms with E-state index in [9.17, 15) is 4.79 Å². The second-order valence-corrected chi connectivity index (χ2v) is 9.13. The second kappa shape index (κ2) is 10.7. The summed E-state index contributed by atoms with van der Waals surface area (Å²) in [4.78, 5) is 22.9. The standard InChI is InChI=1S/C24H37N3O4/c1-29-14-12-26-10-8-18(9-11-26)16-27(17-20-6-4-13-31-20)24(28)21-15-19-5-3-7-22(19)25-23(21)30-2/h15,18,20H,3-14,16-17H2,1-2H3/t20-/m0/s1. The van der Waals surface area contributed by atoms with Crippen molar-refractivity contribution in [2.45, 2.75) is 51.0 Å². The van der Waals surface area contributed by atoms with Crippen LogP contribution in [0.1, 0.15) is 53.7 Å². The summed E-state index contributed by atoms with van der Waals surface area (Å²) >= 11 is 0. The molecule has 1 amide bonds. The van der Waals surface area contributed by atoms with Gasteiger partial charge in [0.15, 0.2) is 0 Å². The number of fused-ring (bicyclic) bond motifs is 1. The van der Waals surface area contributed by atoms with Crippen LogP contribution in [0, 0.1) is 5.92 Å².